The molecule has 2 rings (SSSR count). The monoisotopic (exact) mass is 283 g/mol. The quantitative estimate of drug-likeness (QED) is 0.900. The normalized spacial score (nSPS) is 19.4. The second kappa shape index (κ2) is 4.76. The molecule has 0 unspecified atom stereocenters. The van der Waals surface area contributed by atoms with Crippen molar-refractivity contribution in [2.75, 3.05) is 13.1 Å². The van der Waals surface area contributed by atoms with E-state index in [1.165, 1.54) is 5.56 Å². The highest BCUT2D eigenvalue weighted by Crippen LogP contribution is 2.31. The van der Waals surface area contributed by atoms with Gasteiger partial charge < -0.3 is 10.1 Å². The molecule has 1 aliphatic heterocycles. The highest BCUT2D eigenvalue weighted by molar-refractivity contribution is 9.10. The Balaban J connectivity index is 2.16. The maximum Gasteiger partial charge on any atom is 0.124 e. The number of rotatable bonds is 2. The number of hydrogen-bond acceptors (Lipinski definition) is 2. The molecule has 0 amide bonds. The molecule has 0 atom stereocenters. The van der Waals surface area contributed by atoms with E-state index in [1.807, 2.05) is 18.2 Å². The molecule has 1 saturated heterocycles. The molecule has 0 spiro atoms. The first-order valence-electron chi connectivity index (χ1n) is 5.76. The molecule has 1 N–H and O–H groups in total. The molecule has 3 heteroatoms. The summed E-state index contributed by atoms with van der Waals surface area (Å²) in [4.78, 5) is 0. The van der Waals surface area contributed by atoms with E-state index in [1.54, 1.807) is 0 Å². The zero-order chi connectivity index (χ0) is 11.6. The van der Waals surface area contributed by atoms with Crippen LogP contribution in [0.3, 0.4) is 0 Å². The maximum atomic E-state index is 6.18. The van der Waals surface area contributed by atoms with Crippen LogP contribution in [0.25, 0.3) is 0 Å². The second-order valence-electron chi connectivity index (χ2n) is 4.66. The van der Waals surface area contributed by atoms with E-state index in [4.69, 9.17) is 4.74 Å². The van der Waals surface area contributed by atoms with Crippen LogP contribution in [0, 0.1) is 6.92 Å². The number of hydrogen-bond donors (Lipinski definition) is 1. The zero-order valence-corrected chi connectivity index (χ0v) is 11.4. The van der Waals surface area contributed by atoms with Crippen LogP contribution >= 0.6 is 15.9 Å². The van der Waals surface area contributed by atoms with Gasteiger partial charge in [-0.1, -0.05) is 22.0 Å². The van der Waals surface area contributed by atoms with Gasteiger partial charge in [0.25, 0.3) is 0 Å². The molecule has 16 heavy (non-hydrogen) atoms. The van der Waals surface area contributed by atoms with E-state index in [9.17, 15) is 0 Å². The Morgan fingerprint density at radius 3 is 2.69 bits per heavy atom. The van der Waals surface area contributed by atoms with Gasteiger partial charge in [-0.2, -0.15) is 0 Å². The number of ether oxygens (including phenoxy) is 1. The summed E-state index contributed by atoms with van der Waals surface area (Å²) in [5.41, 5.74) is 1.17. The predicted octanol–water partition coefficient (Wildman–Crippen LogP) is 3.28. The number of benzene rings is 1. The van der Waals surface area contributed by atoms with Crippen molar-refractivity contribution in [3.05, 3.63) is 28.2 Å². The van der Waals surface area contributed by atoms with Crippen molar-refractivity contribution in [3.63, 3.8) is 0 Å². The van der Waals surface area contributed by atoms with Crippen LogP contribution in [-0.2, 0) is 0 Å². The predicted molar refractivity (Wildman–Crippen MR) is 70.0 cm³/mol. The summed E-state index contributed by atoms with van der Waals surface area (Å²) in [6.45, 7) is 6.38. The Bertz CT molecular complexity index is 372. The Morgan fingerprint density at radius 1 is 1.31 bits per heavy atom. The molecule has 0 bridgehead atoms. The first-order valence-corrected chi connectivity index (χ1v) is 6.55. The van der Waals surface area contributed by atoms with Gasteiger partial charge in [-0.3, -0.25) is 0 Å². The highest BCUT2D eigenvalue weighted by atomic mass is 79.9. The molecule has 0 saturated carbocycles. The van der Waals surface area contributed by atoms with E-state index in [0.717, 1.165) is 36.2 Å². The molecule has 0 radical (unpaired) electrons. The summed E-state index contributed by atoms with van der Waals surface area (Å²) in [5.74, 6) is 0.999. The number of piperidine rings is 1. The molecule has 1 aromatic rings. The fraction of sp³-hybridized carbons (Fsp3) is 0.538. The molecule has 1 aliphatic rings. The van der Waals surface area contributed by atoms with Gasteiger partial charge in [0.15, 0.2) is 0 Å². The first-order chi connectivity index (χ1) is 7.61. The largest absolute Gasteiger partial charge is 0.487 e. The number of nitrogens with one attached hydrogen (secondary N) is 1. The van der Waals surface area contributed by atoms with Crippen LogP contribution in [-0.4, -0.2) is 18.7 Å². The minimum Gasteiger partial charge on any atom is -0.487 e. The third kappa shape index (κ3) is 2.58. The third-order valence-corrected chi connectivity index (χ3v) is 4.09. The molecular weight excluding hydrogens is 266 g/mol. The van der Waals surface area contributed by atoms with Crippen LogP contribution in [0.2, 0.25) is 0 Å². The molecule has 1 aromatic carbocycles. The van der Waals surface area contributed by atoms with Gasteiger partial charge in [-0.15, -0.1) is 0 Å². The van der Waals surface area contributed by atoms with Gasteiger partial charge in [0.1, 0.15) is 11.4 Å². The molecule has 1 heterocycles. The lowest BCUT2D eigenvalue weighted by Crippen LogP contribution is -2.43. The van der Waals surface area contributed by atoms with E-state index >= 15 is 0 Å². The van der Waals surface area contributed by atoms with Crippen LogP contribution in [0.15, 0.2) is 22.7 Å². The van der Waals surface area contributed by atoms with Crippen LogP contribution in [0.4, 0.5) is 0 Å². The second-order valence-corrected chi connectivity index (χ2v) is 5.52. The van der Waals surface area contributed by atoms with E-state index < -0.39 is 0 Å². The smallest absolute Gasteiger partial charge is 0.124 e. The van der Waals surface area contributed by atoms with Crippen LogP contribution in [0.5, 0.6) is 5.75 Å². The zero-order valence-electron chi connectivity index (χ0n) is 9.85. The minimum atomic E-state index is -0.0171. The average Bonchev–Trinajstić information content (AvgIpc) is 2.26. The first kappa shape index (κ1) is 11.9. The van der Waals surface area contributed by atoms with Crippen LogP contribution in [0.1, 0.15) is 25.3 Å². The Morgan fingerprint density at radius 2 is 2.00 bits per heavy atom. The van der Waals surface area contributed by atoms with Crippen molar-refractivity contribution in [1.82, 2.24) is 5.32 Å². The van der Waals surface area contributed by atoms with Crippen molar-refractivity contribution in [1.29, 1.82) is 0 Å². The lowest BCUT2D eigenvalue weighted by molar-refractivity contribution is 0.0548. The highest BCUT2D eigenvalue weighted by Gasteiger charge is 2.29. The summed E-state index contributed by atoms with van der Waals surface area (Å²) in [7, 11) is 0. The summed E-state index contributed by atoms with van der Waals surface area (Å²) >= 11 is 3.54. The SMILES string of the molecule is Cc1c(Br)cccc1OC1(C)CCNCC1. The Kier molecular flexibility index (Phi) is 3.55. The van der Waals surface area contributed by atoms with Crippen molar-refractivity contribution < 1.29 is 4.74 Å². The third-order valence-electron chi connectivity index (χ3n) is 3.24. The average molecular weight is 284 g/mol. The molecule has 1 fully saturated rings. The van der Waals surface area contributed by atoms with E-state index in [-0.39, 0.29) is 5.60 Å². The Hall–Kier alpha value is -0.540. The summed E-state index contributed by atoms with van der Waals surface area (Å²) in [5, 5.41) is 3.36. The Labute approximate surface area is 106 Å². The summed E-state index contributed by atoms with van der Waals surface area (Å²) in [6.07, 6.45) is 2.14. The summed E-state index contributed by atoms with van der Waals surface area (Å²) < 4.78 is 7.30. The van der Waals surface area contributed by atoms with E-state index in [0.29, 0.717) is 0 Å². The van der Waals surface area contributed by atoms with Gasteiger partial charge in [0.05, 0.1) is 0 Å². The fourth-order valence-corrected chi connectivity index (χ4v) is 2.37. The molecule has 0 aromatic heterocycles. The maximum absolute atomic E-state index is 6.18. The van der Waals surface area contributed by atoms with Crippen molar-refractivity contribution >= 4 is 15.9 Å². The van der Waals surface area contributed by atoms with Crippen molar-refractivity contribution in [2.45, 2.75) is 32.3 Å². The van der Waals surface area contributed by atoms with Gasteiger partial charge in [0, 0.05) is 10.0 Å². The fourth-order valence-electron chi connectivity index (χ4n) is 2.02. The minimum absolute atomic E-state index is 0.0171. The van der Waals surface area contributed by atoms with Crippen LogP contribution < -0.4 is 10.1 Å². The summed E-state index contributed by atoms with van der Waals surface area (Å²) in [6, 6.07) is 6.12. The standard InChI is InChI=1S/C13H18BrNO/c1-10-11(14)4-3-5-12(10)16-13(2)6-8-15-9-7-13/h3-5,15H,6-9H2,1-2H3. The lowest BCUT2D eigenvalue weighted by atomic mass is 9.94. The molecule has 0 aliphatic carbocycles. The van der Waals surface area contributed by atoms with Gasteiger partial charge in [-0.05, 0) is 51.9 Å². The van der Waals surface area contributed by atoms with Gasteiger partial charge >= 0.3 is 0 Å². The number of halogens is 1. The topological polar surface area (TPSA) is 21.3 Å². The van der Waals surface area contributed by atoms with Gasteiger partial charge in [0.2, 0.25) is 0 Å². The van der Waals surface area contributed by atoms with E-state index in [2.05, 4.69) is 35.1 Å². The lowest BCUT2D eigenvalue weighted by Gasteiger charge is -2.35. The molecule has 2 nitrogen and oxygen atoms in total. The molecular formula is C13H18BrNO. The van der Waals surface area contributed by atoms with Crippen molar-refractivity contribution in [3.8, 4) is 5.75 Å². The van der Waals surface area contributed by atoms with Gasteiger partial charge in [-0.25, -0.2) is 0 Å². The molecule has 88 valence electrons. The van der Waals surface area contributed by atoms with Crippen molar-refractivity contribution in [2.24, 2.45) is 0 Å².